The summed E-state index contributed by atoms with van der Waals surface area (Å²) in [6, 6.07) is 17.5. The van der Waals surface area contributed by atoms with E-state index < -0.39 is 11.0 Å². The van der Waals surface area contributed by atoms with Gasteiger partial charge < -0.3 is 24.8 Å². The van der Waals surface area contributed by atoms with Crippen molar-refractivity contribution in [2.75, 3.05) is 26.8 Å². The summed E-state index contributed by atoms with van der Waals surface area (Å²) in [6.45, 7) is 2.85. The van der Waals surface area contributed by atoms with Gasteiger partial charge in [-0.15, -0.1) is 0 Å². The average molecular weight is 449 g/mol. The molecule has 2 heterocycles. The van der Waals surface area contributed by atoms with Gasteiger partial charge in [-0.05, 0) is 48.3 Å². The van der Waals surface area contributed by atoms with E-state index in [0.29, 0.717) is 30.8 Å². The third kappa shape index (κ3) is 3.35. The minimum atomic E-state index is -1.28. The van der Waals surface area contributed by atoms with Crippen molar-refractivity contribution in [1.82, 2.24) is 9.88 Å². The highest BCUT2D eigenvalue weighted by molar-refractivity contribution is 5.84. The van der Waals surface area contributed by atoms with Gasteiger partial charge in [-0.3, -0.25) is 4.79 Å². The Bertz CT molecular complexity index is 1140. The summed E-state index contributed by atoms with van der Waals surface area (Å²) in [4.78, 5) is 18.6. The van der Waals surface area contributed by atoms with Crippen LogP contribution >= 0.6 is 0 Å². The lowest BCUT2D eigenvalue weighted by atomic mass is 9.54. The van der Waals surface area contributed by atoms with Crippen LogP contribution < -0.4 is 4.74 Å². The third-order valence-electron chi connectivity index (χ3n) is 8.19. The maximum absolute atomic E-state index is 13.4. The minimum absolute atomic E-state index is 0.00201. The van der Waals surface area contributed by atoms with E-state index in [2.05, 4.69) is 11.9 Å². The van der Waals surface area contributed by atoms with Crippen LogP contribution in [0.15, 0.2) is 54.6 Å². The second-order valence-electron chi connectivity index (χ2n) is 9.83. The molecule has 1 aromatic heterocycles. The summed E-state index contributed by atoms with van der Waals surface area (Å²) >= 11 is 0. The lowest BCUT2D eigenvalue weighted by Gasteiger charge is -2.53. The molecule has 174 valence electrons. The molecule has 5 rings (SSSR count). The minimum Gasteiger partial charge on any atom is -0.496 e. The SMILES string of the molecule is COc1ccccc1C1(O)CCC(C)C2CN(C(=O)Cc3cc4ccccc4[nH]3)CC21CO. The van der Waals surface area contributed by atoms with Crippen molar-refractivity contribution in [3.05, 3.63) is 65.9 Å². The second kappa shape index (κ2) is 8.19. The molecule has 3 aromatic rings. The molecule has 0 radical (unpaired) electrons. The van der Waals surface area contributed by atoms with E-state index in [1.165, 1.54) is 0 Å². The number of ether oxygens (including phenoxy) is 1. The van der Waals surface area contributed by atoms with E-state index in [-0.39, 0.29) is 30.8 Å². The van der Waals surface area contributed by atoms with Crippen molar-refractivity contribution >= 4 is 16.8 Å². The van der Waals surface area contributed by atoms with E-state index in [1.807, 2.05) is 59.5 Å². The molecular formula is C27H32N2O4. The van der Waals surface area contributed by atoms with Crippen LogP contribution in [0.3, 0.4) is 0 Å². The van der Waals surface area contributed by atoms with Gasteiger partial charge in [-0.2, -0.15) is 0 Å². The number of fused-ring (bicyclic) bond motifs is 2. The van der Waals surface area contributed by atoms with Gasteiger partial charge in [0.05, 0.1) is 20.1 Å². The first-order valence-electron chi connectivity index (χ1n) is 11.7. The Labute approximate surface area is 194 Å². The van der Waals surface area contributed by atoms with Gasteiger partial charge >= 0.3 is 0 Å². The first-order valence-corrected chi connectivity index (χ1v) is 11.7. The quantitative estimate of drug-likeness (QED) is 0.558. The normalized spacial score (nSPS) is 29.3. The van der Waals surface area contributed by atoms with Gasteiger partial charge in [-0.25, -0.2) is 0 Å². The van der Waals surface area contributed by atoms with Crippen LogP contribution in [0.25, 0.3) is 10.9 Å². The lowest BCUT2D eigenvalue weighted by molar-refractivity contribution is -0.169. The van der Waals surface area contributed by atoms with E-state index in [1.54, 1.807) is 7.11 Å². The number of aliphatic hydroxyl groups excluding tert-OH is 1. The van der Waals surface area contributed by atoms with Gasteiger partial charge in [0, 0.05) is 35.3 Å². The highest BCUT2D eigenvalue weighted by Gasteiger charge is 2.64. The lowest BCUT2D eigenvalue weighted by Crippen LogP contribution is -2.57. The number of aliphatic hydroxyl groups is 2. The number of nitrogens with zero attached hydrogens (tertiary/aromatic N) is 1. The largest absolute Gasteiger partial charge is 0.496 e. The number of aromatic nitrogens is 1. The molecule has 6 heteroatoms. The Balaban J connectivity index is 1.47. The number of likely N-dealkylation sites (tertiary alicyclic amines) is 1. The number of aromatic amines is 1. The number of H-pyrrole nitrogens is 1. The maximum Gasteiger partial charge on any atom is 0.228 e. The molecule has 33 heavy (non-hydrogen) atoms. The Morgan fingerprint density at radius 1 is 1.21 bits per heavy atom. The van der Waals surface area contributed by atoms with Crippen LogP contribution in [0.4, 0.5) is 0 Å². The summed E-state index contributed by atoms with van der Waals surface area (Å²) < 4.78 is 5.58. The highest BCUT2D eigenvalue weighted by atomic mass is 16.5. The van der Waals surface area contributed by atoms with Gasteiger partial charge in [0.25, 0.3) is 0 Å². The highest BCUT2D eigenvalue weighted by Crippen LogP contribution is 2.59. The number of carbonyl (C=O) groups is 1. The molecule has 6 nitrogen and oxygen atoms in total. The van der Waals surface area contributed by atoms with Crippen LogP contribution in [0.2, 0.25) is 0 Å². The fourth-order valence-electron chi connectivity index (χ4n) is 6.36. The fourth-order valence-corrected chi connectivity index (χ4v) is 6.36. The van der Waals surface area contributed by atoms with Gasteiger partial charge in [-0.1, -0.05) is 43.3 Å². The van der Waals surface area contributed by atoms with Crippen LogP contribution in [-0.4, -0.2) is 52.8 Å². The number of hydrogen-bond donors (Lipinski definition) is 3. The van der Waals surface area contributed by atoms with Crippen molar-refractivity contribution in [3.8, 4) is 5.75 Å². The molecular weight excluding hydrogens is 416 g/mol. The molecule has 1 aliphatic carbocycles. The molecule has 0 bridgehead atoms. The number of hydrogen-bond acceptors (Lipinski definition) is 4. The molecule has 2 aliphatic rings. The molecule has 2 aromatic carbocycles. The van der Waals surface area contributed by atoms with Crippen molar-refractivity contribution in [2.24, 2.45) is 17.3 Å². The average Bonchev–Trinajstić information content (AvgIpc) is 3.44. The van der Waals surface area contributed by atoms with Crippen LogP contribution in [0.1, 0.15) is 31.0 Å². The van der Waals surface area contributed by atoms with Crippen molar-refractivity contribution in [3.63, 3.8) is 0 Å². The summed E-state index contributed by atoms with van der Waals surface area (Å²) in [5.41, 5.74) is 0.476. The van der Waals surface area contributed by atoms with E-state index in [9.17, 15) is 15.0 Å². The smallest absolute Gasteiger partial charge is 0.228 e. The van der Waals surface area contributed by atoms with E-state index in [0.717, 1.165) is 23.0 Å². The van der Waals surface area contributed by atoms with Crippen LogP contribution in [0, 0.1) is 17.3 Å². The predicted molar refractivity (Wildman–Crippen MR) is 127 cm³/mol. The topological polar surface area (TPSA) is 85.8 Å². The Hall–Kier alpha value is -2.83. The number of methoxy groups -OCH3 is 1. The second-order valence-corrected chi connectivity index (χ2v) is 9.83. The molecule has 1 aliphatic heterocycles. The Kier molecular flexibility index (Phi) is 5.46. The molecule has 4 unspecified atom stereocenters. The molecule has 2 fully saturated rings. The van der Waals surface area contributed by atoms with Gasteiger partial charge in [0.15, 0.2) is 0 Å². The fraction of sp³-hybridized carbons (Fsp3) is 0.444. The molecule has 0 spiro atoms. The molecule has 4 atom stereocenters. The van der Waals surface area contributed by atoms with Gasteiger partial charge in [0.2, 0.25) is 5.91 Å². The number of nitrogens with one attached hydrogen (secondary N) is 1. The summed E-state index contributed by atoms with van der Waals surface area (Å²) in [7, 11) is 1.60. The third-order valence-corrected chi connectivity index (χ3v) is 8.19. The number of carbonyl (C=O) groups excluding carboxylic acids is 1. The van der Waals surface area contributed by atoms with Crippen molar-refractivity contribution in [2.45, 2.75) is 31.8 Å². The monoisotopic (exact) mass is 448 g/mol. The number of benzene rings is 2. The summed E-state index contributed by atoms with van der Waals surface area (Å²) in [6.07, 6.45) is 1.62. The van der Waals surface area contributed by atoms with Crippen molar-refractivity contribution in [1.29, 1.82) is 0 Å². The number of para-hydroxylation sites is 2. The zero-order valence-corrected chi connectivity index (χ0v) is 19.3. The summed E-state index contributed by atoms with van der Waals surface area (Å²) in [5, 5.41) is 24.0. The predicted octanol–water partition coefficient (Wildman–Crippen LogP) is 3.47. The van der Waals surface area contributed by atoms with Crippen LogP contribution in [0.5, 0.6) is 5.75 Å². The first-order chi connectivity index (χ1) is 15.9. The van der Waals surface area contributed by atoms with E-state index in [4.69, 9.17) is 4.74 Å². The van der Waals surface area contributed by atoms with Crippen LogP contribution in [-0.2, 0) is 16.8 Å². The molecule has 1 amide bonds. The summed E-state index contributed by atoms with van der Waals surface area (Å²) in [5.74, 6) is 0.915. The maximum atomic E-state index is 13.4. The molecule has 1 saturated carbocycles. The molecule has 3 N–H and O–H groups in total. The number of amides is 1. The zero-order valence-electron chi connectivity index (χ0n) is 19.3. The first kappa shape index (κ1) is 22.0. The Morgan fingerprint density at radius 2 is 1.97 bits per heavy atom. The Morgan fingerprint density at radius 3 is 2.73 bits per heavy atom. The standard InChI is InChI=1S/C27H32N2O4/c1-18-11-12-27(32,21-8-4-6-10-24(21)33-2)26(17-30)16-29(15-22(18)26)25(31)14-20-13-19-7-3-5-9-23(19)28-20/h3-10,13,18,22,28,30,32H,11-12,14-17H2,1-2H3. The van der Waals surface area contributed by atoms with Crippen molar-refractivity contribution < 1.29 is 19.7 Å². The van der Waals surface area contributed by atoms with Gasteiger partial charge in [0.1, 0.15) is 11.4 Å². The molecule has 1 saturated heterocycles. The number of rotatable bonds is 5. The zero-order chi connectivity index (χ0) is 23.2. The van der Waals surface area contributed by atoms with E-state index >= 15 is 0 Å².